The van der Waals surface area contributed by atoms with Gasteiger partial charge in [-0.1, -0.05) is 6.07 Å². The van der Waals surface area contributed by atoms with Gasteiger partial charge in [0.1, 0.15) is 0 Å². The van der Waals surface area contributed by atoms with Gasteiger partial charge in [-0.25, -0.2) is 0 Å². The van der Waals surface area contributed by atoms with Crippen molar-refractivity contribution >= 4 is 11.7 Å². The summed E-state index contributed by atoms with van der Waals surface area (Å²) in [4.78, 5) is 28.0. The van der Waals surface area contributed by atoms with Gasteiger partial charge in [-0.2, -0.15) is 0 Å². The molecule has 31 heavy (non-hydrogen) atoms. The number of carbonyl (C=O) groups is 2. The third-order valence-electron chi connectivity index (χ3n) is 7.84. The molecule has 1 aromatic carbocycles. The summed E-state index contributed by atoms with van der Waals surface area (Å²) in [6.45, 7) is 2.52. The summed E-state index contributed by atoms with van der Waals surface area (Å²) in [7, 11) is 1.50. The van der Waals surface area contributed by atoms with Crippen molar-refractivity contribution in [2.75, 3.05) is 26.7 Å². The van der Waals surface area contributed by atoms with E-state index in [1.807, 2.05) is 0 Å². The number of piperidine rings is 2. The molecule has 0 spiro atoms. The highest BCUT2D eigenvalue weighted by Crippen LogP contribution is 2.47. The number of benzene rings is 1. The van der Waals surface area contributed by atoms with E-state index in [9.17, 15) is 14.7 Å². The van der Waals surface area contributed by atoms with Crippen molar-refractivity contribution in [3.63, 3.8) is 0 Å². The molecule has 4 unspecified atom stereocenters. The van der Waals surface area contributed by atoms with Crippen LogP contribution in [0.25, 0.3) is 0 Å². The Bertz CT molecular complexity index is 825. The lowest BCUT2D eigenvalue weighted by Crippen LogP contribution is -2.55. The molecule has 3 aliphatic rings. The van der Waals surface area contributed by atoms with E-state index in [1.165, 1.54) is 7.11 Å². The molecular formula is C24H35N3O4. The zero-order valence-corrected chi connectivity index (χ0v) is 18.4. The number of hydrogen-bond acceptors (Lipinski definition) is 6. The zero-order chi connectivity index (χ0) is 22.0. The largest absolute Gasteiger partial charge is 0.504 e. The number of para-hydroxylation sites is 1. The predicted molar refractivity (Wildman–Crippen MR) is 118 cm³/mol. The average molecular weight is 430 g/mol. The number of phenolic OH excluding ortho intramolecular Hbond substituents is 1. The van der Waals surface area contributed by atoms with Crippen molar-refractivity contribution < 1.29 is 19.4 Å². The zero-order valence-electron chi connectivity index (χ0n) is 18.4. The Morgan fingerprint density at radius 1 is 1.29 bits per heavy atom. The predicted octanol–water partition coefficient (Wildman–Crippen LogP) is 2.46. The molecule has 1 amide bonds. The van der Waals surface area contributed by atoms with E-state index in [0.717, 1.165) is 71.0 Å². The number of nitrogens with two attached hydrogens (primary N) is 1. The number of fused-ring (bicyclic) bond motifs is 2. The lowest BCUT2D eigenvalue weighted by atomic mass is 9.80. The number of amides is 1. The van der Waals surface area contributed by atoms with Gasteiger partial charge in [-0.3, -0.25) is 14.5 Å². The van der Waals surface area contributed by atoms with Crippen molar-refractivity contribution in [1.82, 2.24) is 10.2 Å². The lowest BCUT2D eigenvalue weighted by Gasteiger charge is -2.44. The van der Waals surface area contributed by atoms with E-state index < -0.39 is 5.54 Å². The van der Waals surface area contributed by atoms with Crippen molar-refractivity contribution in [2.24, 2.45) is 17.6 Å². The van der Waals surface area contributed by atoms with Crippen LogP contribution in [-0.2, 0) is 4.79 Å². The molecule has 1 aromatic rings. The summed E-state index contributed by atoms with van der Waals surface area (Å²) in [5.41, 5.74) is 5.45. The Hall–Kier alpha value is -2.12. The van der Waals surface area contributed by atoms with E-state index in [4.69, 9.17) is 10.5 Å². The number of nitrogens with zero attached hydrogens (tertiary/aromatic N) is 1. The maximum Gasteiger partial charge on any atom is 0.220 e. The second-order valence-corrected chi connectivity index (χ2v) is 9.40. The molecule has 7 nitrogen and oxygen atoms in total. The molecule has 7 heteroatoms. The highest BCUT2D eigenvalue weighted by Gasteiger charge is 2.53. The first kappa shape index (κ1) is 22.1. The van der Waals surface area contributed by atoms with Crippen molar-refractivity contribution in [3.8, 4) is 11.5 Å². The number of phenols is 1. The smallest absolute Gasteiger partial charge is 0.220 e. The number of nitrogens with one attached hydrogen (secondary N) is 1. The number of Topliss-reactive ketones (excluding diaryl/α,β-unsaturated/α-hetero) is 1. The molecule has 0 aliphatic carbocycles. The van der Waals surface area contributed by atoms with Gasteiger partial charge < -0.3 is 20.9 Å². The van der Waals surface area contributed by atoms with Gasteiger partial charge in [0.25, 0.3) is 0 Å². The fourth-order valence-corrected chi connectivity index (χ4v) is 6.25. The lowest BCUT2D eigenvalue weighted by molar-refractivity contribution is -0.124. The highest BCUT2D eigenvalue weighted by molar-refractivity contribution is 6.06. The molecule has 0 aromatic heterocycles. The summed E-state index contributed by atoms with van der Waals surface area (Å²) >= 11 is 0. The van der Waals surface area contributed by atoms with Crippen LogP contribution in [0.1, 0.15) is 61.7 Å². The topological polar surface area (TPSA) is 105 Å². The SMILES string of the molecule is COc1cccc(C(=O)C23CCCC(CC2)N3CCCC2CNCCC2C(N)=O)c1O. The molecule has 3 saturated heterocycles. The summed E-state index contributed by atoms with van der Waals surface area (Å²) in [5, 5.41) is 14.0. The maximum atomic E-state index is 13.8. The number of methoxy groups -OCH3 is 1. The summed E-state index contributed by atoms with van der Waals surface area (Å²) in [5.74, 6) is 0.314. The van der Waals surface area contributed by atoms with Crippen LogP contribution in [0, 0.1) is 11.8 Å². The van der Waals surface area contributed by atoms with Gasteiger partial charge in [-0.05, 0) is 89.1 Å². The fourth-order valence-electron chi connectivity index (χ4n) is 6.25. The standard InChI is InChI=1S/C24H35N3O4/c1-31-20-8-2-7-19(21(20)28)22(29)24-11-3-6-17(9-12-24)27(24)14-4-5-16-15-26-13-10-18(16)23(25)30/h2,7-8,16-18,26,28H,3-6,9-15H2,1H3,(H2,25,30). The average Bonchev–Trinajstić information content (AvgIpc) is 2.97. The van der Waals surface area contributed by atoms with Crippen LogP contribution >= 0.6 is 0 Å². The number of primary amides is 1. The minimum absolute atomic E-state index is 0.0143. The second kappa shape index (κ2) is 9.17. The maximum absolute atomic E-state index is 13.8. The van der Waals surface area contributed by atoms with Crippen LogP contribution < -0.4 is 15.8 Å². The molecule has 3 heterocycles. The Kier molecular flexibility index (Phi) is 6.53. The minimum Gasteiger partial charge on any atom is -0.504 e. The van der Waals surface area contributed by atoms with Gasteiger partial charge in [0, 0.05) is 12.0 Å². The number of ketones is 1. The van der Waals surface area contributed by atoms with Crippen molar-refractivity contribution in [3.05, 3.63) is 23.8 Å². The van der Waals surface area contributed by atoms with Crippen LogP contribution in [-0.4, -0.2) is 60.0 Å². The number of ether oxygens (including phenoxy) is 1. The molecule has 3 fully saturated rings. The first-order valence-corrected chi connectivity index (χ1v) is 11.7. The number of rotatable bonds is 8. The Morgan fingerprint density at radius 2 is 2.13 bits per heavy atom. The number of aromatic hydroxyl groups is 1. The Labute approximate surface area is 184 Å². The summed E-state index contributed by atoms with van der Waals surface area (Å²) < 4.78 is 5.23. The molecule has 4 rings (SSSR count). The van der Waals surface area contributed by atoms with Crippen LogP contribution in [0.3, 0.4) is 0 Å². The minimum atomic E-state index is -0.541. The van der Waals surface area contributed by atoms with Gasteiger partial charge in [-0.15, -0.1) is 0 Å². The molecule has 170 valence electrons. The van der Waals surface area contributed by atoms with Crippen molar-refractivity contribution in [1.29, 1.82) is 0 Å². The molecular weight excluding hydrogens is 394 g/mol. The Morgan fingerprint density at radius 3 is 2.90 bits per heavy atom. The van der Waals surface area contributed by atoms with Crippen LogP contribution in [0.15, 0.2) is 18.2 Å². The molecule has 2 bridgehead atoms. The normalized spacial score (nSPS) is 30.8. The van der Waals surface area contributed by atoms with E-state index in [-0.39, 0.29) is 29.3 Å². The summed E-state index contributed by atoms with van der Waals surface area (Å²) in [6.07, 6.45) is 7.51. The molecule has 4 atom stereocenters. The van der Waals surface area contributed by atoms with Gasteiger partial charge in [0.2, 0.25) is 5.91 Å². The van der Waals surface area contributed by atoms with E-state index in [2.05, 4.69) is 10.2 Å². The van der Waals surface area contributed by atoms with Gasteiger partial charge in [0.15, 0.2) is 17.3 Å². The monoisotopic (exact) mass is 429 g/mol. The second-order valence-electron chi connectivity index (χ2n) is 9.40. The van der Waals surface area contributed by atoms with E-state index in [1.54, 1.807) is 18.2 Å². The first-order chi connectivity index (χ1) is 15.0. The van der Waals surface area contributed by atoms with E-state index >= 15 is 0 Å². The highest BCUT2D eigenvalue weighted by atomic mass is 16.5. The number of hydrogen-bond donors (Lipinski definition) is 3. The van der Waals surface area contributed by atoms with E-state index in [0.29, 0.717) is 17.4 Å². The third kappa shape index (κ3) is 4.05. The van der Waals surface area contributed by atoms with Crippen LogP contribution in [0.4, 0.5) is 0 Å². The van der Waals surface area contributed by atoms with Gasteiger partial charge >= 0.3 is 0 Å². The van der Waals surface area contributed by atoms with Crippen molar-refractivity contribution in [2.45, 2.75) is 62.9 Å². The van der Waals surface area contributed by atoms with Crippen LogP contribution in [0.2, 0.25) is 0 Å². The van der Waals surface area contributed by atoms with Crippen LogP contribution in [0.5, 0.6) is 11.5 Å². The molecule has 0 saturated carbocycles. The molecule has 4 N–H and O–H groups in total. The quantitative estimate of drug-likeness (QED) is 0.549. The van der Waals surface area contributed by atoms with Gasteiger partial charge in [0.05, 0.1) is 18.2 Å². The molecule has 3 aliphatic heterocycles. The molecule has 0 radical (unpaired) electrons. The Balaban J connectivity index is 1.49. The summed E-state index contributed by atoms with van der Waals surface area (Å²) in [6, 6.07) is 5.57. The third-order valence-corrected chi connectivity index (χ3v) is 7.84. The number of carbonyl (C=O) groups excluding carboxylic acids is 2. The fraction of sp³-hybridized carbons (Fsp3) is 0.667. The first-order valence-electron chi connectivity index (χ1n) is 11.7.